The third kappa shape index (κ3) is 4.18. The van der Waals surface area contributed by atoms with Crippen LogP contribution >= 0.6 is 11.6 Å². The van der Waals surface area contributed by atoms with Crippen molar-refractivity contribution in [2.45, 2.75) is 39.9 Å². The van der Waals surface area contributed by atoms with Crippen molar-refractivity contribution >= 4 is 11.6 Å². The maximum atomic E-state index is 5.71. The Labute approximate surface area is 96.0 Å². The Hall–Kier alpha value is -0.610. The third-order valence-corrected chi connectivity index (χ3v) is 2.54. The van der Waals surface area contributed by atoms with Crippen LogP contribution in [0.3, 0.4) is 0 Å². The zero-order chi connectivity index (χ0) is 11.3. The first-order valence-corrected chi connectivity index (χ1v) is 5.83. The van der Waals surface area contributed by atoms with Crippen LogP contribution in [0, 0.1) is 5.92 Å². The largest absolute Gasteiger partial charge is 0.306 e. The number of nitrogens with one attached hydrogen (secondary N) is 1. The van der Waals surface area contributed by atoms with Crippen LogP contribution in [-0.2, 0) is 13.1 Å². The van der Waals surface area contributed by atoms with Crippen LogP contribution in [0.5, 0.6) is 0 Å². The van der Waals surface area contributed by atoms with Gasteiger partial charge in [-0.25, -0.2) is 9.67 Å². The van der Waals surface area contributed by atoms with Crippen molar-refractivity contribution in [3.63, 3.8) is 0 Å². The highest BCUT2D eigenvalue weighted by Crippen LogP contribution is 2.01. The molecular weight excluding hydrogens is 212 g/mol. The molecule has 0 saturated carbocycles. The van der Waals surface area contributed by atoms with Crippen molar-refractivity contribution in [3.8, 4) is 0 Å². The quantitative estimate of drug-likeness (QED) is 0.756. The first-order valence-electron chi connectivity index (χ1n) is 5.29. The van der Waals surface area contributed by atoms with Crippen LogP contribution in [0.2, 0.25) is 0 Å². The summed E-state index contributed by atoms with van der Waals surface area (Å²) in [5.41, 5.74) is 0. The molecule has 1 N–H and O–H groups in total. The second-order valence-electron chi connectivity index (χ2n) is 4.19. The maximum Gasteiger partial charge on any atom is 0.140 e. The van der Waals surface area contributed by atoms with Crippen LogP contribution in [0.1, 0.15) is 26.6 Å². The molecule has 1 rings (SSSR count). The highest BCUT2D eigenvalue weighted by molar-refractivity contribution is 6.18. The van der Waals surface area contributed by atoms with Gasteiger partial charge in [0.1, 0.15) is 12.2 Å². The SMILES string of the molecule is CC(C)Cn1ncnc1CNC(C)CCl. The number of hydrogen-bond donors (Lipinski definition) is 1. The van der Waals surface area contributed by atoms with Gasteiger partial charge in [0.2, 0.25) is 0 Å². The predicted molar refractivity (Wildman–Crippen MR) is 61.9 cm³/mol. The summed E-state index contributed by atoms with van der Waals surface area (Å²) in [6.07, 6.45) is 1.60. The van der Waals surface area contributed by atoms with Crippen LogP contribution < -0.4 is 5.32 Å². The molecule has 1 heterocycles. The van der Waals surface area contributed by atoms with Crippen molar-refractivity contribution in [3.05, 3.63) is 12.2 Å². The third-order valence-electron chi connectivity index (χ3n) is 2.07. The Bertz CT molecular complexity index is 285. The Kier molecular flexibility index (Phi) is 5.05. The molecular formula is C10H19ClN4. The number of hydrogen-bond acceptors (Lipinski definition) is 3. The molecule has 0 saturated heterocycles. The second-order valence-corrected chi connectivity index (χ2v) is 4.50. The molecule has 0 aromatic carbocycles. The molecule has 1 aromatic heterocycles. The monoisotopic (exact) mass is 230 g/mol. The molecule has 1 unspecified atom stereocenters. The lowest BCUT2D eigenvalue weighted by Gasteiger charge is -2.12. The highest BCUT2D eigenvalue weighted by atomic mass is 35.5. The summed E-state index contributed by atoms with van der Waals surface area (Å²) in [7, 11) is 0. The van der Waals surface area contributed by atoms with E-state index in [0.717, 1.165) is 18.9 Å². The molecule has 0 fully saturated rings. The lowest BCUT2D eigenvalue weighted by Crippen LogP contribution is -2.28. The van der Waals surface area contributed by atoms with Gasteiger partial charge in [0.15, 0.2) is 0 Å². The van der Waals surface area contributed by atoms with E-state index >= 15 is 0 Å². The lowest BCUT2D eigenvalue weighted by atomic mass is 10.2. The lowest BCUT2D eigenvalue weighted by molar-refractivity contribution is 0.451. The maximum absolute atomic E-state index is 5.71. The smallest absolute Gasteiger partial charge is 0.140 e. The van der Waals surface area contributed by atoms with Gasteiger partial charge < -0.3 is 5.32 Å². The van der Waals surface area contributed by atoms with Gasteiger partial charge in [-0.15, -0.1) is 11.6 Å². The highest BCUT2D eigenvalue weighted by Gasteiger charge is 2.07. The van der Waals surface area contributed by atoms with Crippen molar-refractivity contribution in [2.75, 3.05) is 5.88 Å². The molecule has 0 bridgehead atoms. The standard InChI is InChI=1S/C10H19ClN4/c1-8(2)6-15-10(13-7-14-15)5-12-9(3)4-11/h7-9,12H,4-6H2,1-3H3. The van der Waals surface area contributed by atoms with Crippen LogP contribution in [0.15, 0.2) is 6.33 Å². The molecule has 4 nitrogen and oxygen atoms in total. The molecule has 5 heteroatoms. The zero-order valence-corrected chi connectivity index (χ0v) is 10.3. The molecule has 0 amide bonds. The average molecular weight is 231 g/mol. The number of halogens is 1. The molecule has 0 spiro atoms. The number of aromatic nitrogens is 3. The van der Waals surface area contributed by atoms with E-state index in [1.807, 2.05) is 4.68 Å². The van der Waals surface area contributed by atoms with Gasteiger partial charge in [0.05, 0.1) is 6.54 Å². The summed E-state index contributed by atoms with van der Waals surface area (Å²) in [6.45, 7) is 8.02. The first-order chi connectivity index (χ1) is 7.13. The molecule has 0 aliphatic rings. The van der Waals surface area contributed by atoms with Gasteiger partial charge in [0.25, 0.3) is 0 Å². The minimum atomic E-state index is 0.302. The van der Waals surface area contributed by atoms with Gasteiger partial charge in [-0.05, 0) is 12.8 Å². The summed E-state index contributed by atoms with van der Waals surface area (Å²) in [5, 5.41) is 7.49. The Morgan fingerprint density at radius 3 is 2.80 bits per heavy atom. The fourth-order valence-electron chi connectivity index (χ4n) is 1.24. The molecule has 1 aromatic rings. The summed E-state index contributed by atoms with van der Waals surface area (Å²) < 4.78 is 1.94. The van der Waals surface area contributed by atoms with E-state index in [9.17, 15) is 0 Å². The Balaban J connectivity index is 2.49. The zero-order valence-electron chi connectivity index (χ0n) is 9.57. The van der Waals surface area contributed by atoms with E-state index < -0.39 is 0 Å². The summed E-state index contributed by atoms with van der Waals surface area (Å²) >= 11 is 5.71. The van der Waals surface area contributed by atoms with E-state index in [4.69, 9.17) is 11.6 Å². The Morgan fingerprint density at radius 1 is 1.47 bits per heavy atom. The van der Waals surface area contributed by atoms with Crippen LogP contribution in [-0.4, -0.2) is 26.7 Å². The summed E-state index contributed by atoms with van der Waals surface area (Å²) in [5.74, 6) is 2.16. The molecule has 0 aliphatic heterocycles. The van der Waals surface area contributed by atoms with Crippen molar-refractivity contribution in [1.82, 2.24) is 20.1 Å². The minimum absolute atomic E-state index is 0.302. The normalized spacial score (nSPS) is 13.4. The van der Waals surface area contributed by atoms with Gasteiger partial charge in [-0.3, -0.25) is 0 Å². The second kappa shape index (κ2) is 6.08. The number of rotatable bonds is 6. The van der Waals surface area contributed by atoms with E-state index in [-0.39, 0.29) is 0 Å². The predicted octanol–water partition coefficient (Wildman–Crippen LogP) is 1.65. The molecule has 1 atom stereocenters. The van der Waals surface area contributed by atoms with Crippen molar-refractivity contribution in [2.24, 2.45) is 5.92 Å². The summed E-state index contributed by atoms with van der Waals surface area (Å²) in [6, 6.07) is 0.302. The number of alkyl halides is 1. The number of nitrogens with zero attached hydrogens (tertiary/aromatic N) is 3. The summed E-state index contributed by atoms with van der Waals surface area (Å²) in [4.78, 5) is 4.22. The van der Waals surface area contributed by atoms with Gasteiger partial charge in [-0.1, -0.05) is 13.8 Å². The van der Waals surface area contributed by atoms with Gasteiger partial charge in [-0.2, -0.15) is 5.10 Å². The molecule has 86 valence electrons. The minimum Gasteiger partial charge on any atom is -0.306 e. The van der Waals surface area contributed by atoms with Crippen LogP contribution in [0.4, 0.5) is 0 Å². The van der Waals surface area contributed by atoms with E-state index in [1.165, 1.54) is 0 Å². The molecule has 15 heavy (non-hydrogen) atoms. The topological polar surface area (TPSA) is 42.7 Å². The van der Waals surface area contributed by atoms with E-state index in [1.54, 1.807) is 6.33 Å². The fourth-order valence-corrected chi connectivity index (χ4v) is 1.35. The average Bonchev–Trinajstić information content (AvgIpc) is 2.61. The van der Waals surface area contributed by atoms with Gasteiger partial charge >= 0.3 is 0 Å². The van der Waals surface area contributed by atoms with E-state index in [2.05, 4.69) is 36.2 Å². The van der Waals surface area contributed by atoms with E-state index in [0.29, 0.717) is 17.8 Å². The van der Waals surface area contributed by atoms with Crippen molar-refractivity contribution < 1.29 is 0 Å². The first kappa shape index (κ1) is 12.5. The van der Waals surface area contributed by atoms with Gasteiger partial charge in [0, 0.05) is 18.5 Å². The fraction of sp³-hybridized carbons (Fsp3) is 0.800. The van der Waals surface area contributed by atoms with Crippen LogP contribution in [0.25, 0.3) is 0 Å². The molecule has 0 radical (unpaired) electrons. The van der Waals surface area contributed by atoms with Crippen molar-refractivity contribution in [1.29, 1.82) is 0 Å². The molecule has 0 aliphatic carbocycles. The Morgan fingerprint density at radius 2 is 2.20 bits per heavy atom.